The monoisotopic (exact) mass is 752 g/mol. The summed E-state index contributed by atoms with van der Waals surface area (Å²) in [4.78, 5) is 24.1. The molecule has 1 saturated heterocycles. The van der Waals surface area contributed by atoms with Gasteiger partial charge in [-0.25, -0.2) is 16.7 Å². The highest BCUT2D eigenvalue weighted by molar-refractivity contribution is 7.81. The maximum Gasteiger partial charge on any atom is 0.397 e. The standard InChI is InChI=1S/C18H25ClN2O20S4/c19-11-3-1-2-10(6-11)7-13(22)21-8-14(23)20-4-5-36-18-17(41-45(33,34)35)16(40-44(30,31)32)15(39-43(27,28)29)12(38-18)9-37-42(24,25)26/h1-3,6,12,15-18H,4-5,7-9H2,(H,20,23)(H,21,22)(H,24,25,26)(H,27,28,29)(H,30,31,32)(H,33,34,35)/t12-,15-,16+,17+,18+/m1/s1. The van der Waals surface area contributed by atoms with Crippen LogP contribution in [0.5, 0.6) is 0 Å². The summed E-state index contributed by atoms with van der Waals surface area (Å²) in [5.74, 6) is -1.32. The average Bonchev–Trinajstić information content (AvgIpc) is 2.84. The fraction of sp³-hybridized carbons (Fsp3) is 0.556. The molecule has 1 aliphatic rings. The number of carbonyl (C=O) groups is 2. The molecule has 0 unspecified atom stereocenters. The van der Waals surface area contributed by atoms with Crippen molar-refractivity contribution in [3.05, 3.63) is 34.9 Å². The van der Waals surface area contributed by atoms with Crippen molar-refractivity contribution < 1.29 is 87.7 Å². The Bertz CT molecular complexity index is 1630. The highest BCUT2D eigenvalue weighted by atomic mass is 35.5. The molecular formula is C18H25ClN2O20S4. The van der Waals surface area contributed by atoms with Crippen LogP contribution in [0.4, 0.5) is 0 Å². The summed E-state index contributed by atoms with van der Waals surface area (Å²) in [5.41, 5.74) is 0.559. The second-order valence-corrected chi connectivity index (χ2v) is 13.2. The molecule has 0 radical (unpaired) electrons. The third-order valence-corrected chi connectivity index (χ3v) is 7.14. The molecule has 22 nitrogen and oxygen atoms in total. The maximum absolute atomic E-state index is 12.1. The van der Waals surface area contributed by atoms with Gasteiger partial charge in [0.1, 0.15) is 18.3 Å². The summed E-state index contributed by atoms with van der Waals surface area (Å²) in [5, 5.41) is 4.96. The smallest absolute Gasteiger partial charge is 0.352 e. The predicted molar refractivity (Wildman–Crippen MR) is 143 cm³/mol. The Kier molecular flexibility index (Phi) is 14.0. The Morgan fingerprint density at radius 3 is 1.93 bits per heavy atom. The molecule has 5 atom stereocenters. The Labute approximate surface area is 261 Å². The molecule has 45 heavy (non-hydrogen) atoms. The van der Waals surface area contributed by atoms with Crippen LogP contribution in [0, 0.1) is 0 Å². The van der Waals surface area contributed by atoms with Gasteiger partial charge < -0.3 is 20.1 Å². The molecule has 0 saturated carbocycles. The van der Waals surface area contributed by atoms with Crippen molar-refractivity contribution in [3.8, 4) is 0 Å². The number of hydrogen-bond acceptors (Lipinski definition) is 16. The molecule has 1 aliphatic heterocycles. The van der Waals surface area contributed by atoms with Crippen LogP contribution in [0.1, 0.15) is 5.56 Å². The topological polar surface area (TPSA) is 331 Å². The van der Waals surface area contributed by atoms with Crippen LogP contribution in [-0.4, -0.2) is 121 Å². The Morgan fingerprint density at radius 2 is 1.38 bits per heavy atom. The first kappa shape index (κ1) is 39.0. The van der Waals surface area contributed by atoms with Crippen LogP contribution >= 0.6 is 11.6 Å². The lowest BCUT2D eigenvalue weighted by molar-refractivity contribution is -0.285. The van der Waals surface area contributed by atoms with E-state index in [1.807, 2.05) is 0 Å². The van der Waals surface area contributed by atoms with Gasteiger partial charge in [0.2, 0.25) is 11.8 Å². The lowest BCUT2D eigenvalue weighted by atomic mass is 9.99. The van der Waals surface area contributed by atoms with Crippen molar-refractivity contribution in [2.45, 2.75) is 37.1 Å². The summed E-state index contributed by atoms with van der Waals surface area (Å²) in [7, 11) is -22.3. The maximum atomic E-state index is 12.1. The molecule has 1 aromatic rings. The third kappa shape index (κ3) is 15.8. The first-order chi connectivity index (χ1) is 20.5. The quantitative estimate of drug-likeness (QED) is 0.0693. The molecule has 27 heteroatoms. The summed E-state index contributed by atoms with van der Waals surface area (Å²) in [6.45, 7) is -3.12. The molecule has 258 valence electrons. The van der Waals surface area contributed by atoms with Crippen LogP contribution in [0.25, 0.3) is 0 Å². The first-order valence-corrected chi connectivity index (χ1v) is 17.5. The average molecular weight is 753 g/mol. The van der Waals surface area contributed by atoms with Crippen molar-refractivity contribution in [1.29, 1.82) is 0 Å². The number of halogens is 1. The summed E-state index contributed by atoms with van der Waals surface area (Å²) in [6, 6.07) is 6.36. The van der Waals surface area contributed by atoms with Crippen molar-refractivity contribution in [2.75, 3.05) is 26.3 Å². The number of carbonyl (C=O) groups excluding carboxylic acids is 2. The van der Waals surface area contributed by atoms with Crippen molar-refractivity contribution >= 4 is 65.0 Å². The second-order valence-electron chi connectivity index (χ2n) is 8.53. The molecule has 2 rings (SSSR count). The SMILES string of the molecule is O=C(CNC(=O)Cc1cccc(Cl)c1)NCCO[C@H]1O[C@H](COS(=O)(=O)O)[C@@H](OS(=O)(=O)O)[C@H](OS(=O)(=O)O)[C@@H]1OS(=O)(=O)O. The van der Waals surface area contributed by atoms with Gasteiger partial charge in [-0.05, 0) is 17.7 Å². The van der Waals surface area contributed by atoms with Gasteiger partial charge in [0.15, 0.2) is 12.4 Å². The zero-order valence-electron chi connectivity index (χ0n) is 22.1. The minimum atomic E-state index is -5.69. The fourth-order valence-electron chi connectivity index (χ4n) is 3.55. The largest absolute Gasteiger partial charge is 0.397 e. The van der Waals surface area contributed by atoms with Crippen LogP contribution in [0.15, 0.2) is 24.3 Å². The van der Waals surface area contributed by atoms with Crippen LogP contribution in [-0.2, 0) is 83.8 Å². The lowest BCUT2D eigenvalue weighted by Gasteiger charge is -2.43. The molecule has 0 spiro atoms. The van der Waals surface area contributed by atoms with Crippen LogP contribution in [0.2, 0.25) is 5.02 Å². The van der Waals surface area contributed by atoms with E-state index in [2.05, 4.69) is 27.4 Å². The van der Waals surface area contributed by atoms with E-state index in [1.54, 1.807) is 18.2 Å². The molecular weight excluding hydrogens is 728 g/mol. The van der Waals surface area contributed by atoms with E-state index in [0.29, 0.717) is 10.6 Å². The van der Waals surface area contributed by atoms with Gasteiger partial charge >= 0.3 is 41.6 Å². The normalized spacial score (nSPS) is 22.9. The number of rotatable bonds is 17. The molecule has 0 aromatic heterocycles. The van der Waals surface area contributed by atoms with Crippen LogP contribution in [0.3, 0.4) is 0 Å². The van der Waals surface area contributed by atoms with E-state index >= 15 is 0 Å². The minimum absolute atomic E-state index is 0.108. The predicted octanol–water partition coefficient (Wildman–Crippen LogP) is -2.76. The Morgan fingerprint density at radius 1 is 0.800 bits per heavy atom. The van der Waals surface area contributed by atoms with Crippen LogP contribution < -0.4 is 10.6 Å². The molecule has 6 N–H and O–H groups in total. The number of nitrogens with one attached hydrogen (secondary N) is 2. The zero-order valence-corrected chi connectivity index (χ0v) is 26.1. The summed E-state index contributed by atoms with van der Waals surface area (Å²) in [6.07, 6.45) is -12.7. The molecule has 1 fully saturated rings. The van der Waals surface area contributed by atoms with Gasteiger partial charge in [-0.1, -0.05) is 23.7 Å². The van der Waals surface area contributed by atoms with E-state index < -0.39 is 110 Å². The number of benzene rings is 1. The lowest BCUT2D eigenvalue weighted by Crippen LogP contribution is -2.63. The Hall–Kier alpha value is -2.15. The van der Waals surface area contributed by atoms with Gasteiger partial charge in [-0.15, -0.1) is 0 Å². The molecule has 1 aromatic carbocycles. The Balaban J connectivity index is 2.17. The fourth-order valence-corrected chi connectivity index (χ4v) is 5.57. The van der Waals surface area contributed by atoms with E-state index in [0.717, 1.165) is 0 Å². The second kappa shape index (κ2) is 16.1. The number of amides is 2. The first-order valence-electron chi connectivity index (χ1n) is 11.6. The van der Waals surface area contributed by atoms with Gasteiger partial charge in [-0.2, -0.15) is 33.7 Å². The molecule has 2 amide bonds. The van der Waals surface area contributed by atoms with Crippen molar-refractivity contribution in [3.63, 3.8) is 0 Å². The van der Waals surface area contributed by atoms with E-state index in [9.17, 15) is 52.4 Å². The van der Waals surface area contributed by atoms with Gasteiger partial charge in [0.25, 0.3) is 0 Å². The van der Waals surface area contributed by atoms with Crippen molar-refractivity contribution in [2.24, 2.45) is 0 Å². The van der Waals surface area contributed by atoms with E-state index in [1.165, 1.54) is 6.07 Å². The van der Waals surface area contributed by atoms with Gasteiger partial charge in [0, 0.05) is 11.6 Å². The van der Waals surface area contributed by atoms with Gasteiger partial charge in [0.05, 0.1) is 26.2 Å². The third-order valence-electron chi connectivity index (χ3n) is 5.08. The molecule has 0 bridgehead atoms. The number of ether oxygens (including phenoxy) is 2. The van der Waals surface area contributed by atoms with E-state index in [-0.39, 0.29) is 6.42 Å². The van der Waals surface area contributed by atoms with Crippen molar-refractivity contribution in [1.82, 2.24) is 10.6 Å². The minimum Gasteiger partial charge on any atom is -0.352 e. The summed E-state index contributed by atoms with van der Waals surface area (Å²) < 4.78 is 154. The van der Waals surface area contributed by atoms with Gasteiger partial charge in [-0.3, -0.25) is 27.8 Å². The summed E-state index contributed by atoms with van der Waals surface area (Å²) >= 11 is 5.84. The highest BCUT2D eigenvalue weighted by Crippen LogP contribution is 2.32. The highest BCUT2D eigenvalue weighted by Gasteiger charge is 2.54. The number of hydrogen-bond donors (Lipinski definition) is 6. The zero-order chi connectivity index (χ0) is 34.2. The van der Waals surface area contributed by atoms with E-state index in [4.69, 9.17) is 30.2 Å². The molecule has 0 aliphatic carbocycles. The molecule has 1 heterocycles.